The molecule has 1 aromatic carbocycles. The molecule has 4 nitrogen and oxygen atoms in total. The highest BCUT2D eigenvalue weighted by molar-refractivity contribution is 6.27. The summed E-state index contributed by atoms with van der Waals surface area (Å²) in [6.07, 6.45) is 0. The summed E-state index contributed by atoms with van der Waals surface area (Å²) in [7, 11) is 0. The van der Waals surface area contributed by atoms with Crippen molar-refractivity contribution in [3.63, 3.8) is 0 Å². The Morgan fingerprint density at radius 3 is 2.19 bits per heavy atom. The van der Waals surface area contributed by atoms with Crippen molar-refractivity contribution in [1.82, 2.24) is 5.32 Å². The Bertz CT molecular complexity index is 278. The quantitative estimate of drug-likeness (QED) is 0.672. The lowest BCUT2D eigenvalue weighted by Crippen LogP contribution is -2.23. The third-order valence-electron chi connectivity index (χ3n) is 1.62. The van der Waals surface area contributed by atoms with Crippen molar-refractivity contribution in [2.75, 3.05) is 19.0 Å². The summed E-state index contributed by atoms with van der Waals surface area (Å²) in [5.74, 6) is -0.118. The standard InChI is InChI=1S/C9H10ClNO.C2H8N2/c10-6-9(12)11-7-8-4-2-1-3-5-8;3-1-2-4/h1-5H,6-7H2,(H,11,12);1-4H2. The second kappa shape index (κ2) is 10.4. The van der Waals surface area contributed by atoms with E-state index in [4.69, 9.17) is 23.1 Å². The number of amides is 1. The first-order chi connectivity index (χ1) is 7.74. The van der Waals surface area contributed by atoms with Crippen molar-refractivity contribution in [1.29, 1.82) is 0 Å². The number of carbonyl (C=O) groups excluding carboxylic acids is 1. The van der Waals surface area contributed by atoms with Gasteiger partial charge < -0.3 is 16.8 Å². The van der Waals surface area contributed by atoms with E-state index in [1.807, 2.05) is 30.3 Å². The SMILES string of the molecule is NCCN.O=C(CCl)NCc1ccccc1. The molecule has 0 radical (unpaired) electrons. The minimum atomic E-state index is -0.138. The predicted molar refractivity (Wildman–Crippen MR) is 67.1 cm³/mol. The zero-order valence-corrected chi connectivity index (χ0v) is 9.91. The number of carbonyl (C=O) groups is 1. The van der Waals surface area contributed by atoms with E-state index < -0.39 is 0 Å². The molecule has 1 amide bonds. The lowest BCUT2D eigenvalue weighted by Gasteiger charge is -2.01. The minimum absolute atomic E-state index is 0.0207. The van der Waals surface area contributed by atoms with Crippen LogP contribution in [0.1, 0.15) is 5.56 Å². The van der Waals surface area contributed by atoms with Gasteiger partial charge in [-0.3, -0.25) is 4.79 Å². The summed E-state index contributed by atoms with van der Waals surface area (Å²) < 4.78 is 0. The van der Waals surface area contributed by atoms with E-state index in [2.05, 4.69) is 5.32 Å². The first-order valence-corrected chi connectivity index (χ1v) is 5.54. The minimum Gasteiger partial charge on any atom is -0.351 e. The Balaban J connectivity index is 0.000000487. The average Bonchev–Trinajstić information content (AvgIpc) is 2.37. The van der Waals surface area contributed by atoms with Gasteiger partial charge in [0.2, 0.25) is 5.91 Å². The largest absolute Gasteiger partial charge is 0.351 e. The summed E-state index contributed by atoms with van der Waals surface area (Å²) in [4.78, 5) is 10.7. The third kappa shape index (κ3) is 8.23. The van der Waals surface area contributed by atoms with Gasteiger partial charge in [-0.2, -0.15) is 0 Å². The molecule has 0 aliphatic carbocycles. The molecule has 0 bridgehead atoms. The van der Waals surface area contributed by atoms with Gasteiger partial charge in [0.15, 0.2) is 0 Å². The van der Waals surface area contributed by atoms with Crippen LogP contribution in [0.5, 0.6) is 0 Å². The van der Waals surface area contributed by atoms with E-state index in [-0.39, 0.29) is 11.8 Å². The van der Waals surface area contributed by atoms with Crippen LogP contribution >= 0.6 is 11.6 Å². The molecule has 5 N–H and O–H groups in total. The summed E-state index contributed by atoms with van der Waals surface area (Å²) in [6, 6.07) is 9.71. The molecule has 0 heterocycles. The van der Waals surface area contributed by atoms with Crippen LogP contribution in [0.2, 0.25) is 0 Å². The van der Waals surface area contributed by atoms with Gasteiger partial charge in [0.05, 0.1) is 0 Å². The number of hydrogen-bond acceptors (Lipinski definition) is 3. The van der Waals surface area contributed by atoms with Crippen LogP contribution in [0.4, 0.5) is 0 Å². The van der Waals surface area contributed by atoms with Crippen molar-refractivity contribution < 1.29 is 4.79 Å². The van der Waals surface area contributed by atoms with Crippen LogP contribution in [0.15, 0.2) is 30.3 Å². The molecule has 0 saturated carbocycles. The molecule has 0 fully saturated rings. The van der Waals surface area contributed by atoms with E-state index >= 15 is 0 Å². The molecule has 16 heavy (non-hydrogen) atoms. The molecule has 90 valence electrons. The van der Waals surface area contributed by atoms with Crippen molar-refractivity contribution in [3.05, 3.63) is 35.9 Å². The van der Waals surface area contributed by atoms with Gasteiger partial charge in [-0.25, -0.2) is 0 Å². The Morgan fingerprint density at radius 1 is 1.19 bits per heavy atom. The van der Waals surface area contributed by atoms with Gasteiger partial charge in [0.25, 0.3) is 0 Å². The maximum atomic E-state index is 10.7. The van der Waals surface area contributed by atoms with Crippen LogP contribution < -0.4 is 16.8 Å². The molecule has 0 saturated heterocycles. The van der Waals surface area contributed by atoms with Crippen LogP contribution in [0.25, 0.3) is 0 Å². The third-order valence-corrected chi connectivity index (χ3v) is 1.86. The van der Waals surface area contributed by atoms with E-state index in [1.165, 1.54) is 0 Å². The topological polar surface area (TPSA) is 81.1 Å². The van der Waals surface area contributed by atoms with Crippen molar-refractivity contribution in [3.8, 4) is 0 Å². The highest BCUT2D eigenvalue weighted by atomic mass is 35.5. The molecule has 0 unspecified atom stereocenters. The molecule has 0 aromatic heterocycles. The van der Waals surface area contributed by atoms with Crippen LogP contribution in [0, 0.1) is 0 Å². The van der Waals surface area contributed by atoms with Crippen LogP contribution in [-0.4, -0.2) is 24.9 Å². The Morgan fingerprint density at radius 2 is 1.75 bits per heavy atom. The van der Waals surface area contributed by atoms with Crippen LogP contribution in [0.3, 0.4) is 0 Å². The lowest BCUT2D eigenvalue weighted by atomic mass is 10.2. The molecule has 1 rings (SSSR count). The lowest BCUT2D eigenvalue weighted by molar-refractivity contribution is -0.118. The molecule has 0 atom stereocenters. The maximum Gasteiger partial charge on any atom is 0.235 e. The second-order valence-corrected chi connectivity index (χ2v) is 3.24. The molecule has 1 aromatic rings. The van der Waals surface area contributed by atoms with E-state index in [9.17, 15) is 4.79 Å². The monoisotopic (exact) mass is 243 g/mol. The highest BCUT2D eigenvalue weighted by Crippen LogP contribution is 1.96. The van der Waals surface area contributed by atoms with E-state index in [1.54, 1.807) is 0 Å². The predicted octanol–water partition coefficient (Wildman–Crippen LogP) is 0.445. The summed E-state index contributed by atoms with van der Waals surface area (Å²) in [6.45, 7) is 1.74. The van der Waals surface area contributed by atoms with Crippen molar-refractivity contribution in [2.45, 2.75) is 6.54 Å². The van der Waals surface area contributed by atoms with Crippen molar-refractivity contribution >= 4 is 17.5 Å². The van der Waals surface area contributed by atoms with Crippen molar-refractivity contribution in [2.24, 2.45) is 11.5 Å². The van der Waals surface area contributed by atoms with Crippen LogP contribution in [-0.2, 0) is 11.3 Å². The zero-order chi connectivity index (χ0) is 12.2. The maximum absolute atomic E-state index is 10.7. The molecular formula is C11H18ClN3O. The fraction of sp³-hybridized carbons (Fsp3) is 0.364. The first kappa shape index (κ1) is 14.9. The Hall–Kier alpha value is -1.10. The molecular weight excluding hydrogens is 226 g/mol. The average molecular weight is 244 g/mol. The van der Waals surface area contributed by atoms with Gasteiger partial charge >= 0.3 is 0 Å². The number of nitrogens with two attached hydrogens (primary N) is 2. The Kier molecular flexibility index (Phi) is 9.70. The zero-order valence-electron chi connectivity index (χ0n) is 9.16. The fourth-order valence-electron chi connectivity index (χ4n) is 0.844. The smallest absolute Gasteiger partial charge is 0.235 e. The van der Waals surface area contributed by atoms with Gasteiger partial charge in [-0.1, -0.05) is 30.3 Å². The number of rotatable bonds is 4. The summed E-state index contributed by atoms with van der Waals surface area (Å²) >= 11 is 5.31. The van der Waals surface area contributed by atoms with Gasteiger partial charge in [0.1, 0.15) is 5.88 Å². The molecule has 5 heteroatoms. The molecule has 0 aliphatic rings. The van der Waals surface area contributed by atoms with E-state index in [0.717, 1.165) is 5.56 Å². The first-order valence-electron chi connectivity index (χ1n) is 5.01. The number of nitrogens with one attached hydrogen (secondary N) is 1. The van der Waals surface area contributed by atoms with E-state index in [0.29, 0.717) is 19.6 Å². The van der Waals surface area contributed by atoms with Gasteiger partial charge in [0, 0.05) is 19.6 Å². The Labute approximate surface area is 101 Å². The number of alkyl halides is 1. The molecule has 0 aliphatic heterocycles. The number of benzene rings is 1. The summed E-state index contributed by atoms with van der Waals surface area (Å²) in [5, 5.41) is 2.68. The molecule has 0 spiro atoms. The number of halogens is 1. The van der Waals surface area contributed by atoms with Gasteiger partial charge in [-0.15, -0.1) is 11.6 Å². The number of hydrogen-bond donors (Lipinski definition) is 3. The fourth-order valence-corrected chi connectivity index (χ4v) is 0.938. The highest BCUT2D eigenvalue weighted by Gasteiger charge is 1.96. The second-order valence-electron chi connectivity index (χ2n) is 2.97. The summed E-state index contributed by atoms with van der Waals surface area (Å²) in [5.41, 5.74) is 10.9. The normalized spacial score (nSPS) is 8.94. The van der Waals surface area contributed by atoms with Gasteiger partial charge in [-0.05, 0) is 5.56 Å².